The summed E-state index contributed by atoms with van der Waals surface area (Å²) in [7, 11) is 0. The van der Waals surface area contributed by atoms with E-state index in [0.29, 0.717) is 32.7 Å². The maximum absolute atomic E-state index is 13.6. The number of hydrogen-bond acceptors (Lipinski definition) is 5. The van der Waals surface area contributed by atoms with Gasteiger partial charge in [-0.25, -0.2) is 4.39 Å². The lowest BCUT2D eigenvalue weighted by Gasteiger charge is -2.27. The van der Waals surface area contributed by atoms with Crippen LogP contribution in [0.1, 0.15) is 23.1 Å². The molecule has 0 aliphatic carbocycles. The highest BCUT2D eigenvalue weighted by atomic mass is 19.1. The molecule has 5 nitrogen and oxygen atoms in total. The maximum atomic E-state index is 13.6. The molecule has 1 aliphatic rings. The third kappa shape index (κ3) is 6.49. The van der Waals surface area contributed by atoms with Gasteiger partial charge in [0.15, 0.2) is 0 Å². The number of ether oxygens (including phenoxy) is 1. The van der Waals surface area contributed by atoms with Gasteiger partial charge in [-0.3, -0.25) is 4.90 Å². The monoisotopic (exact) mass is 412 g/mol. The smallest absolute Gasteiger partial charge is 0.145 e. The SMILES string of the molecule is C=CCOC[C@@H](O)CN(Cc1cccc(F)c1)C[C@H]1CC(c2ccccc2C)=NO1. The summed E-state index contributed by atoms with van der Waals surface area (Å²) in [4.78, 5) is 7.75. The first-order valence-corrected chi connectivity index (χ1v) is 10.2. The van der Waals surface area contributed by atoms with E-state index in [2.05, 4.69) is 29.6 Å². The van der Waals surface area contributed by atoms with Crippen LogP contribution >= 0.6 is 0 Å². The van der Waals surface area contributed by atoms with Crippen molar-refractivity contribution in [2.24, 2.45) is 5.16 Å². The number of oxime groups is 1. The number of halogens is 1. The minimum atomic E-state index is -0.670. The van der Waals surface area contributed by atoms with Crippen LogP contribution in [-0.2, 0) is 16.1 Å². The third-order valence-corrected chi connectivity index (χ3v) is 4.96. The van der Waals surface area contributed by atoms with Crippen LogP contribution in [0.5, 0.6) is 0 Å². The predicted octanol–water partition coefficient (Wildman–Crippen LogP) is 3.69. The summed E-state index contributed by atoms with van der Waals surface area (Å²) in [6, 6.07) is 14.6. The highest BCUT2D eigenvalue weighted by Crippen LogP contribution is 2.21. The van der Waals surface area contributed by atoms with Crippen molar-refractivity contribution < 1.29 is 19.1 Å². The Kier molecular flexibility index (Phi) is 8.13. The molecule has 6 heteroatoms. The van der Waals surface area contributed by atoms with Crippen LogP contribution in [0.15, 0.2) is 66.3 Å². The highest BCUT2D eigenvalue weighted by molar-refractivity contribution is 6.02. The molecule has 1 aliphatic heterocycles. The van der Waals surface area contributed by atoms with Gasteiger partial charge in [-0.15, -0.1) is 6.58 Å². The number of aliphatic hydroxyl groups excluding tert-OH is 1. The Hall–Kier alpha value is -2.54. The Morgan fingerprint density at radius 3 is 2.93 bits per heavy atom. The molecule has 2 aromatic carbocycles. The first kappa shape index (κ1) is 22.2. The summed E-state index contributed by atoms with van der Waals surface area (Å²) < 4.78 is 19.0. The fraction of sp³-hybridized carbons (Fsp3) is 0.375. The lowest BCUT2D eigenvalue weighted by Crippen LogP contribution is -2.39. The molecule has 0 amide bonds. The van der Waals surface area contributed by atoms with Crippen molar-refractivity contribution in [2.45, 2.75) is 32.1 Å². The molecule has 0 saturated carbocycles. The lowest BCUT2D eigenvalue weighted by atomic mass is 10.00. The van der Waals surface area contributed by atoms with Crippen molar-refractivity contribution in [1.29, 1.82) is 0 Å². The molecular formula is C24H29FN2O3. The van der Waals surface area contributed by atoms with Gasteiger partial charge in [0.25, 0.3) is 0 Å². The zero-order chi connectivity index (χ0) is 21.3. The van der Waals surface area contributed by atoms with Gasteiger partial charge in [0.1, 0.15) is 11.9 Å². The number of aryl methyl sites for hydroxylation is 1. The fourth-order valence-electron chi connectivity index (χ4n) is 3.61. The van der Waals surface area contributed by atoms with Crippen LogP contribution in [0.4, 0.5) is 4.39 Å². The van der Waals surface area contributed by atoms with Crippen molar-refractivity contribution in [3.05, 3.63) is 83.7 Å². The second-order valence-corrected chi connectivity index (χ2v) is 7.59. The van der Waals surface area contributed by atoms with Crippen LogP contribution < -0.4 is 0 Å². The Morgan fingerprint density at radius 1 is 1.33 bits per heavy atom. The third-order valence-electron chi connectivity index (χ3n) is 4.96. The van der Waals surface area contributed by atoms with Crippen LogP contribution in [0.2, 0.25) is 0 Å². The topological polar surface area (TPSA) is 54.3 Å². The summed E-state index contributed by atoms with van der Waals surface area (Å²) >= 11 is 0. The van der Waals surface area contributed by atoms with Gasteiger partial charge in [-0.1, -0.05) is 47.6 Å². The lowest BCUT2D eigenvalue weighted by molar-refractivity contribution is 0.00334. The molecule has 0 unspecified atom stereocenters. The van der Waals surface area contributed by atoms with E-state index in [0.717, 1.165) is 22.4 Å². The Labute approximate surface area is 177 Å². The van der Waals surface area contributed by atoms with Gasteiger partial charge in [0.2, 0.25) is 0 Å². The van der Waals surface area contributed by atoms with Crippen molar-refractivity contribution >= 4 is 5.71 Å². The average Bonchev–Trinajstić information content (AvgIpc) is 3.16. The predicted molar refractivity (Wildman–Crippen MR) is 116 cm³/mol. The van der Waals surface area contributed by atoms with E-state index in [1.165, 1.54) is 12.1 Å². The molecule has 0 bridgehead atoms. The number of benzene rings is 2. The second kappa shape index (κ2) is 11.0. The highest BCUT2D eigenvalue weighted by Gasteiger charge is 2.26. The molecule has 1 N–H and O–H groups in total. The minimum Gasteiger partial charge on any atom is -0.390 e. The molecule has 2 atom stereocenters. The zero-order valence-electron chi connectivity index (χ0n) is 17.3. The van der Waals surface area contributed by atoms with Crippen molar-refractivity contribution in [2.75, 3.05) is 26.3 Å². The van der Waals surface area contributed by atoms with Gasteiger partial charge in [0.05, 0.1) is 25.0 Å². The maximum Gasteiger partial charge on any atom is 0.145 e. The van der Waals surface area contributed by atoms with Crippen LogP contribution in [0.3, 0.4) is 0 Å². The quantitative estimate of drug-likeness (QED) is 0.452. The van der Waals surface area contributed by atoms with E-state index in [-0.39, 0.29) is 18.5 Å². The van der Waals surface area contributed by atoms with Crippen molar-refractivity contribution in [3.8, 4) is 0 Å². The number of nitrogens with zero attached hydrogens (tertiary/aromatic N) is 2. The van der Waals surface area contributed by atoms with Crippen molar-refractivity contribution in [1.82, 2.24) is 4.90 Å². The van der Waals surface area contributed by atoms with E-state index in [4.69, 9.17) is 9.57 Å². The number of rotatable bonds is 11. The van der Waals surface area contributed by atoms with E-state index >= 15 is 0 Å². The average molecular weight is 413 g/mol. The Balaban J connectivity index is 1.63. The molecule has 1 heterocycles. The van der Waals surface area contributed by atoms with E-state index in [9.17, 15) is 9.50 Å². The molecule has 30 heavy (non-hydrogen) atoms. The molecule has 0 aromatic heterocycles. The first-order valence-electron chi connectivity index (χ1n) is 10.2. The summed E-state index contributed by atoms with van der Waals surface area (Å²) in [5.41, 5.74) is 4.02. The molecule has 160 valence electrons. The second-order valence-electron chi connectivity index (χ2n) is 7.59. The zero-order valence-corrected chi connectivity index (χ0v) is 17.3. The number of aliphatic hydroxyl groups is 1. The molecule has 0 radical (unpaired) electrons. The molecule has 0 saturated heterocycles. The van der Waals surface area contributed by atoms with Crippen LogP contribution in [0.25, 0.3) is 0 Å². The van der Waals surface area contributed by atoms with E-state index < -0.39 is 6.10 Å². The summed E-state index contributed by atoms with van der Waals surface area (Å²) in [5, 5.41) is 14.7. The molecule has 0 spiro atoms. The van der Waals surface area contributed by atoms with E-state index in [1.54, 1.807) is 12.1 Å². The summed E-state index contributed by atoms with van der Waals surface area (Å²) in [6.07, 6.45) is 1.54. The normalized spacial score (nSPS) is 16.9. The van der Waals surface area contributed by atoms with Gasteiger partial charge in [-0.05, 0) is 30.2 Å². The standard InChI is InChI=1S/C24H29FN2O3/c1-3-11-29-17-21(28)15-27(14-19-8-6-9-20(25)12-19)16-22-13-24(26-30-22)23-10-5-4-7-18(23)2/h3-10,12,21-22,28H,1,11,13-17H2,2H3/t21-,22+/m0/s1. The van der Waals surface area contributed by atoms with Gasteiger partial charge < -0.3 is 14.7 Å². The fourth-order valence-corrected chi connectivity index (χ4v) is 3.61. The minimum absolute atomic E-state index is 0.130. The van der Waals surface area contributed by atoms with E-state index in [1.807, 2.05) is 24.3 Å². The summed E-state index contributed by atoms with van der Waals surface area (Å²) in [5.74, 6) is -0.274. The van der Waals surface area contributed by atoms with Gasteiger partial charge in [0, 0.05) is 31.6 Å². The van der Waals surface area contributed by atoms with Crippen LogP contribution in [-0.4, -0.2) is 54.2 Å². The van der Waals surface area contributed by atoms with Crippen molar-refractivity contribution in [3.63, 3.8) is 0 Å². The number of hydrogen-bond donors (Lipinski definition) is 1. The largest absolute Gasteiger partial charge is 0.390 e. The van der Waals surface area contributed by atoms with Gasteiger partial charge >= 0.3 is 0 Å². The molecule has 0 fully saturated rings. The van der Waals surface area contributed by atoms with Crippen LogP contribution in [0, 0.1) is 12.7 Å². The molecular weight excluding hydrogens is 383 g/mol. The Morgan fingerprint density at radius 2 is 2.17 bits per heavy atom. The Bertz CT molecular complexity index is 871. The molecule has 2 aromatic rings. The molecule has 3 rings (SSSR count). The summed E-state index contributed by atoms with van der Waals surface area (Å²) in [6.45, 7) is 7.71. The first-order chi connectivity index (χ1) is 14.5. The van der Waals surface area contributed by atoms with Gasteiger partial charge in [-0.2, -0.15) is 0 Å².